The Morgan fingerprint density at radius 2 is 2.00 bits per heavy atom. The summed E-state index contributed by atoms with van der Waals surface area (Å²) in [6, 6.07) is 0. The minimum absolute atomic E-state index is 0.0313. The van der Waals surface area contributed by atoms with E-state index in [0.29, 0.717) is 25.5 Å². The molecule has 2 aliphatic rings. The van der Waals surface area contributed by atoms with E-state index in [1.165, 1.54) is 0 Å². The van der Waals surface area contributed by atoms with E-state index < -0.39 is 0 Å². The van der Waals surface area contributed by atoms with Crippen molar-refractivity contribution >= 4 is 5.91 Å². The zero-order valence-corrected chi connectivity index (χ0v) is 17.0. The lowest BCUT2D eigenvalue weighted by atomic mass is 9.92. The Morgan fingerprint density at radius 1 is 1.26 bits per heavy atom. The highest BCUT2D eigenvalue weighted by Crippen LogP contribution is 2.27. The molecule has 2 fully saturated rings. The van der Waals surface area contributed by atoms with Crippen LogP contribution in [0.3, 0.4) is 0 Å². The number of hydrogen-bond donors (Lipinski definition) is 1. The van der Waals surface area contributed by atoms with Crippen LogP contribution in [0.25, 0.3) is 0 Å². The van der Waals surface area contributed by atoms with Crippen molar-refractivity contribution in [3.8, 4) is 0 Å². The molecule has 0 bridgehead atoms. The number of likely N-dealkylation sites (tertiary alicyclic amines) is 1. The fraction of sp³-hybridized carbons (Fsp3) is 0.842. The van der Waals surface area contributed by atoms with Gasteiger partial charge in [0.1, 0.15) is 5.82 Å². The number of nitrogens with zero attached hydrogens (tertiary/aromatic N) is 5. The largest absolute Gasteiger partial charge is 0.345 e. The molecule has 1 amide bonds. The smallest absolute Gasteiger partial charge is 0.342 e. The van der Waals surface area contributed by atoms with Crippen LogP contribution in [0, 0.1) is 5.92 Å². The first-order valence-electron chi connectivity index (χ1n) is 10.3. The molecule has 0 radical (unpaired) electrons. The molecule has 0 unspecified atom stereocenters. The average Bonchev–Trinajstić information content (AvgIpc) is 3.02. The van der Waals surface area contributed by atoms with Gasteiger partial charge in [-0.25, -0.2) is 9.48 Å². The number of aromatic nitrogens is 3. The summed E-state index contributed by atoms with van der Waals surface area (Å²) in [6.07, 6.45) is 3.82. The number of carbonyl (C=O) groups excluding carboxylic acids is 1. The van der Waals surface area contributed by atoms with Gasteiger partial charge in [-0.05, 0) is 59.8 Å². The number of rotatable bonds is 6. The van der Waals surface area contributed by atoms with Crippen LogP contribution >= 0.6 is 0 Å². The van der Waals surface area contributed by atoms with E-state index in [4.69, 9.17) is 0 Å². The zero-order valence-electron chi connectivity index (χ0n) is 17.0. The van der Waals surface area contributed by atoms with Crippen molar-refractivity contribution in [2.45, 2.75) is 51.6 Å². The summed E-state index contributed by atoms with van der Waals surface area (Å²) in [5.41, 5.74) is -0.0313. The number of amides is 1. The summed E-state index contributed by atoms with van der Waals surface area (Å²) >= 11 is 0. The van der Waals surface area contributed by atoms with Crippen LogP contribution in [0.15, 0.2) is 4.79 Å². The molecule has 3 heterocycles. The fourth-order valence-electron chi connectivity index (χ4n) is 4.21. The van der Waals surface area contributed by atoms with Crippen LogP contribution in [0.1, 0.15) is 44.3 Å². The van der Waals surface area contributed by atoms with Crippen molar-refractivity contribution in [3.05, 3.63) is 16.3 Å². The normalized spacial score (nSPS) is 21.8. The quantitative estimate of drug-likeness (QED) is 0.772. The summed E-state index contributed by atoms with van der Waals surface area (Å²) in [4.78, 5) is 29.7. The highest BCUT2D eigenvalue weighted by atomic mass is 16.2. The molecular formula is C19H34N6O2. The van der Waals surface area contributed by atoms with E-state index in [1.54, 1.807) is 9.25 Å². The number of likely N-dealkylation sites (N-methyl/N-ethyl adjacent to an activating group) is 1. The molecule has 1 aromatic heterocycles. The first kappa shape index (κ1) is 20.1. The van der Waals surface area contributed by atoms with Crippen molar-refractivity contribution in [1.29, 1.82) is 0 Å². The van der Waals surface area contributed by atoms with E-state index in [0.717, 1.165) is 57.7 Å². The molecule has 1 aromatic rings. The highest BCUT2D eigenvalue weighted by Gasteiger charge is 2.32. The van der Waals surface area contributed by atoms with Crippen LogP contribution in [0.2, 0.25) is 0 Å². The second-order valence-electron chi connectivity index (χ2n) is 8.06. The Morgan fingerprint density at radius 3 is 2.67 bits per heavy atom. The maximum Gasteiger partial charge on any atom is 0.345 e. The number of piperidine rings is 2. The first-order chi connectivity index (χ1) is 13.0. The van der Waals surface area contributed by atoms with E-state index in [-0.39, 0.29) is 17.5 Å². The predicted octanol–water partition coefficient (Wildman–Crippen LogP) is 0.332. The van der Waals surface area contributed by atoms with Crippen LogP contribution in [0.4, 0.5) is 0 Å². The fourth-order valence-corrected chi connectivity index (χ4v) is 4.21. The van der Waals surface area contributed by atoms with Gasteiger partial charge < -0.3 is 15.1 Å². The Labute approximate surface area is 161 Å². The van der Waals surface area contributed by atoms with Crippen molar-refractivity contribution < 1.29 is 4.79 Å². The van der Waals surface area contributed by atoms with Gasteiger partial charge in [-0.2, -0.15) is 5.10 Å². The molecule has 3 rings (SSSR count). The topological polar surface area (TPSA) is 75.4 Å². The van der Waals surface area contributed by atoms with Crippen LogP contribution in [-0.4, -0.2) is 76.9 Å². The van der Waals surface area contributed by atoms with Gasteiger partial charge in [-0.3, -0.25) is 9.36 Å². The first-order valence-corrected chi connectivity index (χ1v) is 10.3. The lowest BCUT2D eigenvalue weighted by molar-refractivity contribution is -0.137. The van der Waals surface area contributed by atoms with Crippen LogP contribution in [-0.2, 0) is 17.9 Å². The molecule has 2 aliphatic heterocycles. The van der Waals surface area contributed by atoms with Crippen molar-refractivity contribution in [3.63, 3.8) is 0 Å². The molecule has 0 aromatic carbocycles. The monoisotopic (exact) mass is 378 g/mol. The van der Waals surface area contributed by atoms with E-state index in [9.17, 15) is 9.59 Å². The lowest BCUT2D eigenvalue weighted by Crippen LogP contribution is -2.45. The zero-order chi connectivity index (χ0) is 19.4. The Bertz CT molecular complexity index is 689. The summed E-state index contributed by atoms with van der Waals surface area (Å²) in [7, 11) is 3.99. The average molecular weight is 379 g/mol. The van der Waals surface area contributed by atoms with Crippen LogP contribution in [0.5, 0.6) is 0 Å². The molecule has 8 nitrogen and oxygen atoms in total. The van der Waals surface area contributed by atoms with E-state index >= 15 is 0 Å². The molecule has 8 heteroatoms. The van der Waals surface area contributed by atoms with Gasteiger partial charge in [0.25, 0.3) is 0 Å². The van der Waals surface area contributed by atoms with Gasteiger partial charge in [-0.1, -0.05) is 0 Å². The molecule has 0 saturated carbocycles. The van der Waals surface area contributed by atoms with E-state index in [1.807, 2.05) is 25.9 Å². The SMILES string of the molecule is CCn1c([C@@H]2CCCN(C(=O)C3CCNCC3)C2)nn(CCN(C)C)c1=O. The van der Waals surface area contributed by atoms with Gasteiger partial charge in [0.15, 0.2) is 0 Å². The standard InChI is InChI=1S/C19H34N6O2/c1-4-24-17(21-25(19(24)27)13-12-22(2)3)16-6-5-11-23(14-16)18(26)15-7-9-20-10-8-15/h15-16,20H,4-14H2,1-3H3/t16-/m1/s1. The molecule has 152 valence electrons. The Hall–Kier alpha value is -1.67. The maximum absolute atomic E-state index is 12.9. The molecule has 1 N–H and O–H groups in total. The highest BCUT2D eigenvalue weighted by molar-refractivity contribution is 5.79. The molecule has 2 saturated heterocycles. The summed E-state index contributed by atoms with van der Waals surface area (Å²) in [5, 5.41) is 8.00. The van der Waals surface area contributed by atoms with Gasteiger partial charge in [0, 0.05) is 38.0 Å². The van der Waals surface area contributed by atoms with Crippen molar-refractivity contribution in [2.24, 2.45) is 5.92 Å². The van der Waals surface area contributed by atoms with E-state index in [2.05, 4.69) is 15.3 Å². The molecule has 0 aliphatic carbocycles. The Kier molecular flexibility index (Phi) is 6.70. The molecular weight excluding hydrogens is 344 g/mol. The second kappa shape index (κ2) is 9.01. The minimum Gasteiger partial charge on any atom is -0.342 e. The maximum atomic E-state index is 12.9. The molecule has 1 atom stereocenters. The number of carbonyl (C=O) groups is 1. The van der Waals surface area contributed by atoms with Gasteiger partial charge in [-0.15, -0.1) is 0 Å². The van der Waals surface area contributed by atoms with Crippen molar-refractivity contribution in [1.82, 2.24) is 29.5 Å². The predicted molar refractivity (Wildman–Crippen MR) is 105 cm³/mol. The van der Waals surface area contributed by atoms with Gasteiger partial charge in [0.2, 0.25) is 5.91 Å². The van der Waals surface area contributed by atoms with Crippen LogP contribution < -0.4 is 11.0 Å². The third-order valence-corrected chi connectivity index (χ3v) is 5.81. The minimum atomic E-state index is -0.0313. The molecule has 0 spiro atoms. The van der Waals surface area contributed by atoms with Gasteiger partial charge >= 0.3 is 5.69 Å². The Balaban J connectivity index is 1.74. The third kappa shape index (κ3) is 4.60. The number of nitrogens with one attached hydrogen (secondary N) is 1. The number of hydrogen-bond acceptors (Lipinski definition) is 5. The summed E-state index contributed by atoms with van der Waals surface area (Å²) in [6.45, 7) is 7.36. The second-order valence-corrected chi connectivity index (χ2v) is 8.06. The third-order valence-electron chi connectivity index (χ3n) is 5.81. The molecule has 27 heavy (non-hydrogen) atoms. The summed E-state index contributed by atoms with van der Waals surface area (Å²) < 4.78 is 3.38. The summed E-state index contributed by atoms with van der Waals surface area (Å²) in [5.74, 6) is 1.44. The lowest BCUT2D eigenvalue weighted by Gasteiger charge is -2.35. The van der Waals surface area contributed by atoms with Gasteiger partial charge in [0.05, 0.1) is 6.54 Å². The van der Waals surface area contributed by atoms with Crippen molar-refractivity contribution in [2.75, 3.05) is 46.8 Å².